The molecule has 1 aromatic carbocycles. The average Bonchev–Trinajstić information content (AvgIpc) is 2.54. The lowest BCUT2D eigenvalue weighted by Crippen LogP contribution is -2.31. The summed E-state index contributed by atoms with van der Waals surface area (Å²) in [5, 5.41) is 3.40. The van der Waals surface area contributed by atoms with Crippen molar-refractivity contribution in [2.75, 3.05) is 27.2 Å². The Hall–Kier alpha value is -1.55. The Morgan fingerprint density at radius 1 is 1.38 bits per heavy atom. The smallest absolute Gasteiger partial charge is 0.222 e. The number of nitrogens with one attached hydrogen (secondary N) is 1. The summed E-state index contributed by atoms with van der Waals surface area (Å²) in [5.74, 6) is 1.74. The maximum Gasteiger partial charge on any atom is 0.222 e. The normalized spacial score (nSPS) is 18.3. The number of carbonyl (C=O) groups is 1. The molecule has 1 aromatic rings. The largest absolute Gasteiger partial charge is 0.497 e. The van der Waals surface area contributed by atoms with Crippen molar-refractivity contribution in [3.8, 4) is 5.75 Å². The van der Waals surface area contributed by atoms with Crippen molar-refractivity contribution in [2.24, 2.45) is 5.92 Å². The van der Waals surface area contributed by atoms with Gasteiger partial charge in [-0.05, 0) is 56.0 Å². The number of piperidine rings is 1. The van der Waals surface area contributed by atoms with E-state index in [-0.39, 0.29) is 5.91 Å². The van der Waals surface area contributed by atoms with Gasteiger partial charge in [-0.2, -0.15) is 0 Å². The number of carbonyl (C=O) groups excluding carboxylic acids is 1. The molecule has 2 rings (SSSR count). The molecule has 0 aromatic heterocycles. The molecule has 1 heterocycles. The highest BCUT2D eigenvalue weighted by atomic mass is 16.5. The van der Waals surface area contributed by atoms with Gasteiger partial charge in [0.2, 0.25) is 5.91 Å². The van der Waals surface area contributed by atoms with Crippen LogP contribution in [0.1, 0.15) is 31.2 Å². The number of ether oxygens (including phenoxy) is 1. The first-order valence-corrected chi connectivity index (χ1v) is 7.76. The number of methoxy groups -OCH3 is 1. The summed E-state index contributed by atoms with van der Waals surface area (Å²) < 4.78 is 5.14. The van der Waals surface area contributed by atoms with Crippen molar-refractivity contribution in [1.82, 2.24) is 10.2 Å². The van der Waals surface area contributed by atoms with Crippen LogP contribution in [0.15, 0.2) is 24.3 Å². The third kappa shape index (κ3) is 5.05. The summed E-state index contributed by atoms with van der Waals surface area (Å²) >= 11 is 0. The minimum atomic E-state index is 0.233. The topological polar surface area (TPSA) is 41.6 Å². The van der Waals surface area contributed by atoms with Crippen LogP contribution in [0, 0.1) is 5.92 Å². The SMILES string of the molecule is COc1ccc(CN(C)C(=O)CCC2CCCNC2)cc1. The van der Waals surface area contributed by atoms with E-state index in [1.165, 1.54) is 12.8 Å². The molecule has 0 saturated carbocycles. The van der Waals surface area contributed by atoms with Crippen LogP contribution in [0.4, 0.5) is 0 Å². The Morgan fingerprint density at radius 3 is 2.76 bits per heavy atom. The Morgan fingerprint density at radius 2 is 2.14 bits per heavy atom. The molecule has 0 radical (unpaired) electrons. The average molecular weight is 290 g/mol. The Balaban J connectivity index is 1.75. The van der Waals surface area contributed by atoms with Crippen molar-refractivity contribution in [3.05, 3.63) is 29.8 Å². The van der Waals surface area contributed by atoms with Gasteiger partial charge in [-0.3, -0.25) is 4.79 Å². The highest BCUT2D eigenvalue weighted by Crippen LogP contribution is 2.17. The van der Waals surface area contributed by atoms with E-state index in [0.717, 1.165) is 30.8 Å². The van der Waals surface area contributed by atoms with Crippen molar-refractivity contribution in [3.63, 3.8) is 0 Å². The number of benzene rings is 1. The minimum Gasteiger partial charge on any atom is -0.497 e. The van der Waals surface area contributed by atoms with Gasteiger partial charge in [0.1, 0.15) is 5.75 Å². The van der Waals surface area contributed by atoms with E-state index in [1.54, 1.807) is 7.11 Å². The van der Waals surface area contributed by atoms with Gasteiger partial charge in [-0.25, -0.2) is 0 Å². The first-order valence-electron chi connectivity index (χ1n) is 7.76. The lowest BCUT2D eigenvalue weighted by atomic mass is 9.94. The van der Waals surface area contributed by atoms with E-state index in [0.29, 0.717) is 18.9 Å². The van der Waals surface area contributed by atoms with Gasteiger partial charge in [0.25, 0.3) is 0 Å². The number of hydrogen-bond acceptors (Lipinski definition) is 3. The molecule has 116 valence electrons. The molecule has 1 atom stereocenters. The van der Waals surface area contributed by atoms with Gasteiger partial charge >= 0.3 is 0 Å². The fourth-order valence-corrected chi connectivity index (χ4v) is 2.78. The van der Waals surface area contributed by atoms with Crippen LogP contribution in [-0.2, 0) is 11.3 Å². The molecule has 4 nitrogen and oxygen atoms in total. The molecule has 0 bridgehead atoms. The van der Waals surface area contributed by atoms with Crippen LogP contribution in [0.3, 0.4) is 0 Å². The van der Waals surface area contributed by atoms with Crippen molar-refractivity contribution in [1.29, 1.82) is 0 Å². The fraction of sp³-hybridized carbons (Fsp3) is 0.588. The van der Waals surface area contributed by atoms with Gasteiger partial charge in [-0.15, -0.1) is 0 Å². The molecule has 1 amide bonds. The van der Waals surface area contributed by atoms with Gasteiger partial charge in [0, 0.05) is 20.0 Å². The summed E-state index contributed by atoms with van der Waals surface area (Å²) in [6, 6.07) is 7.88. The lowest BCUT2D eigenvalue weighted by Gasteiger charge is -2.24. The summed E-state index contributed by atoms with van der Waals surface area (Å²) in [6.07, 6.45) is 4.14. The second kappa shape index (κ2) is 8.03. The zero-order valence-corrected chi connectivity index (χ0v) is 13.1. The van der Waals surface area contributed by atoms with Gasteiger partial charge in [-0.1, -0.05) is 12.1 Å². The first kappa shape index (κ1) is 15.8. The third-order valence-corrected chi connectivity index (χ3v) is 4.17. The first-order chi connectivity index (χ1) is 10.2. The maximum absolute atomic E-state index is 12.2. The van der Waals surface area contributed by atoms with Crippen molar-refractivity contribution >= 4 is 5.91 Å². The second-order valence-electron chi connectivity index (χ2n) is 5.85. The van der Waals surface area contributed by atoms with Crippen molar-refractivity contribution in [2.45, 2.75) is 32.2 Å². The Bertz CT molecular complexity index is 439. The molecular formula is C17H26N2O2. The molecule has 1 saturated heterocycles. The van der Waals surface area contributed by atoms with E-state index in [1.807, 2.05) is 36.2 Å². The molecule has 1 fully saturated rings. The number of rotatable bonds is 6. The monoisotopic (exact) mass is 290 g/mol. The Kier molecular flexibility index (Phi) is 6.05. The van der Waals surface area contributed by atoms with E-state index < -0.39 is 0 Å². The molecule has 1 aliphatic heterocycles. The molecule has 21 heavy (non-hydrogen) atoms. The van der Waals surface area contributed by atoms with E-state index >= 15 is 0 Å². The van der Waals surface area contributed by atoms with E-state index in [2.05, 4.69) is 5.32 Å². The molecule has 1 unspecified atom stereocenters. The van der Waals surface area contributed by atoms with Crippen molar-refractivity contribution < 1.29 is 9.53 Å². The Labute approximate surface area is 127 Å². The van der Waals surface area contributed by atoms with Crippen LogP contribution >= 0.6 is 0 Å². The zero-order valence-electron chi connectivity index (χ0n) is 13.1. The molecule has 0 spiro atoms. The molecule has 0 aliphatic carbocycles. The quantitative estimate of drug-likeness (QED) is 0.875. The summed E-state index contributed by atoms with van der Waals surface area (Å²) in [4.78, 5) is 14.0. The summed E-state index contributed by atoms with van der Waals surface area (Å²) in [7, 11) is 3.54. The number of nitrogens with zero attached hydrogens (tertiary/aromatic N) is 1. The second-order valence-corrected chi connectivity index (χ2v) is 5.85. The summed E-state index contributed by atoms with van der Waals surface area (Å²) in [5.41, 5.74) is 1.13. The molecular weight excluding hydrogens is 264 g/mol. The van der Waals surface area contributed by atoms with Crippen LogP contribution in [-0.4, -0.2) is 38.1 Å². The van der Waals surface area contributed by atoms with Crippen LogP contribution in [0.25, 0.3) is 0 Å². The van der Waals surface area contributed by atoms with E-state index in [4.69, 9.17) is 4.74 Å². The standard InChI is InChI=1S/C17H26N2O2/c1-19(13-15-5-8-16(21-2)9-6-15)17(20)10-7-14-4-3-11-18-12-14/h5-6,8-9,14,18H,3-4,7,10-13H2,1-2H3. The third-order valence-electron chi connectivity index (χ3n) is 4.17. The van der Waals surface area contributed by atoms with Gasteiger partial charge in [0.15, 0.2) is 0 Å². The van der Waals surface area contributed by atoms with Gasteiger partial charge in [0.05, 0.1) is 7.11 Å². The predicted octanol–water partition coefficient (Wildman–Crippen LogP) is 2.43. The number of hydrogen-bond donors (Lipinski definition) is 1. The van der Waals surface area contributed by atoms with Gasteiger partial charge < -0.3 is 15.0 Å². The van der Waals surface area contributed by atoms with E-state index in [9.17, 15) is 4.79 Å². The number of amides is 1. The van der Waals surface area contributed by atoms with Crippen LogP contribution in [0.5, 0.6) is 5.75 Å². The van der Waals surface area contributed by atoms with Crippen LogP contribution in [0.2, 0.25) is 0 Å². The highest BCUT2D eigenvalue weighted by molar-refractivity contribution is 5.75. The highest BCUT2D eigenvalue weighted by Gasteiger charge is 2.16. The zero-order chi connectivity index (χ0) is 15.1. The minimum absolute atomic E-state index is 0.233. The molecule has 1 N–H and O–H groups in total. The lowest BCUT2D eigenvalue weighted by molar-refractivity contribution is -0.130. The summed E-state index contributed by atoms with van der Waals surface area (Å²) in [6.45, 7) is 2.85. The maximum atomic E-state index is 12.2. The van der Waals surface area contributed by atoms with Crippen LogP contribution < -0.4 is 10.1 Å². The molecule has 4 heteroatoms. The fourth-order valence-electron chi connectivity index (χ4n) is 2.78. The molecule has 1 aliphatic rings. The predicted molar refractivity (Wildman–Crippen MR) is 84.3 cm³/mol.